The molecule has 0 unspecified atom stereocenters. The molecule has 1 aliphatic carbocycles. The number of imidazole rings is 1. The van der Waals surface area contributed by atoms with Crippen molar-refractivity contribution in [2.75, 3.05) is 13.2 Å². The summed E-state index contributed by atoms with van der Waals surface area (Å²) >= 11 is 0. The molecule has 0 bridgehead atoms. The van der Waals surface area contributed by atoms with Gasteiger partial charge in [0.15, 0.2) is 0 Å². The summed E-state index contributed by atoms with van der Waals surface area (Å²) < 4.78 is 8.41. The van der Waals surface area contributed by atoms with Gasteiger partial charge in [0.05, 0.1) is 17.6 Å². The molecule has 4 rings (SSSR count). The lowest BCUT2D eigenvalue weighted by Crippen LogP contribution is -2.25. The Balaban J connectivity index is 1.32. The van der Waals surface area contributed by atoms with Crippen molar-refractivity contribution >= 4 is 16.9 Å². The first-order valence-corrected chi connectivity index (χ1v) is 11.5. The van der Waals surface area contributed by atoms with E-state index in [4.69, 9.17) is 9.72 Å². The van der Waals surface area contributed by atoms with Gasteiger partial charge in [-0.15, -0.1) is 0 Å². The van der Waals surface area contributed by atoms with E-state index in [0.29, 0.717) is 12.5 Å². The van der Waals surface area contributed by atoms with E-state index < -0.39 is 0 Å². The van der Waals surface area contributed by atoms with E-state index >= 15 is 0 Å². The topological polar surface area (TPSA) is 56.1 Å². The van der Waals surface area contributed by atoms with Crippen LogP contribution < -0.4 is 10.1 Å². The molecular formula is C26H33N3O2. The van der Waals surface area contributed by atoms with Crippen molar-refractivity contribution in [1.29, 1.82) is 0 Å². The highest BCUT2D eigenvalue weighted by molar-refractivity contribution is 5.80. The quantitative estimate of drug-likeness (QED) is 0.446. The molecule has 3 aromatic rings. The van der Waals surface area contributed by atoms with E-state index in [9.17, 15) is 4.79 Å². The summed E-state index contributed by atoms with van der Waals surface area (Å²) in [6, 6.07) is 14.5. The third-order valence-electron chi connectivity index (χ3n) is 6.19. The number of carbonyl (C=O) groups excluding carboxylic acids is 1. The number of nitrogens with one attached hydrogen (secondary N) is 1. The van der Waals surface area contributed by atoms with Gasteiger partial charge in [-0.3, -0.25) is 4.79 Å². The van der Waals surface area contributed by atoms with Crippen LogP contribution in [0.3, 0.4) is 0 Å². The SMILES string of the molecule is Cc1cccc(OCCn2c(CCCCCNC(=O)C3CC3)nc3ccccc32)c1C. The van der Waals surface area contributed by atoms with E-state index in [0.717, 1.165) is 68.7 Å². The van der Waals surface area contributed by atoms with Crippen molar-refractivity contribution in [1.82, 2.24) is 14.9 Å². The van der Waals surface area contributed by atoms with Crippen molar-refractivity contribution in [2.45, 2.75) is 58.9 Å². The van der Waals surface area contributed by atoms with Gasteiger partial charge < -0.3 is 14.6 Å². The molecule has 1 heterocycles. The summed E-state index contributed by atoms with van der Waals surface area (Å²) in [6.45, 7) is 6.40. The number of unbranched alkanes of at least 4 members (excludes halogenated alkanes) is 2. The van der Waals surface area contributed by atoms with Crippen LogP contribution in [-0.2, 0) is 17.8 Å². The van der Waals surface area contributed by atoms with Crippen LogP contribution in [0.1, 0.15) is 49.1 Å². The molecular weight excluding hydrogens is 386 g/mol. The standard InChI is InChI=1S/C26H33N3O2/c1-19-9-8-12-24(20(19)2)31-18-17-29-23-11-6-5-10-22(23)28-25(29)13-4-3-7-16-27-26(30)21-14-15-21/h5-6,8-12,21H,3-4,7,13-18H2,1-2H3,(H,27,30). The highest BCUT2D eigenvalue weighted by Gasteiger charge is 2.28. The molecule has 5 heteroatoms. The number of carbonyl (C=O) groups is 1. The maximum Gasteiger partial charge on any atom is 0.223 e. The first-order chi connectivity index (χ1) is 15.1. The summed E-state index contributed by atoms with van der Waals surface area (Å²) in [4.78, 5) is 16.6. The maximum atomic E-state index is 11.7. The Bertz CT molecular complexity index is 1040. The lowest BCUT2D eigenvalue weighted by molar-refractivity contribution is -0.122. The molecule has 0 aliphatic heterocycles. The highest BCUT2D eigenvalue weighted by Crippen LogP contribution is 2.28. The van der Waals surface area contributed by atoms with Crippen molar-refractivity contribution in [2.24, 2.45) is 5.92 Å². The number of rotatable bonds is 11. The van der Waals surface area contributed by atoms with E-state index in [2.05, 4.69) is 48.0 Å². The van der Waals surface area contributed by atoms with Crippen LogP contribution in [0.15, 0.2) is 42.5 Å². The Morgan fingerprint density at radius 2 is 1.94 bits per heavy atom. The second-order valence-corrected chi connectivity index (χ2v) is 8.59. The molecule has 5 nitrogen and oxygen atoms in total. The van der Waals surface area contributed by atoms with Gasteiger partial charge in [-0.1, -0.05) is 30.7 Å². The molecule has 0 atom stereocenters. The van der Waals surface area contributed by atoms with Crippen molar-refractivity contribution < 1.29 is 9.53 Å². The van der Waals surface area contributed by atoms with Gasteiger partial charge in [-0.05, 0) is 68.9 Å². The molecule has 31 heavy (non-hydrogen) atoms. The Morgan fingerprint density at radius 3 is 2.77 bits per heavy atom. The molecule has 1 aliphatic rings. The third kappa shape index (κ3) is 5.46. The summed E-state index contributed by atoms with van der Waals surface area (Å²) in [6.07, 6.45) is 6.25. The Labute approximate surface area is 184 Å². The van der Waals surface area contributed by atoms with Gasteiger partial charge >= 0.3 is 0 Å². The van der Waals surface area contributed by atoms with Gasteiger partial charge in [0.1, 0.15) is 18.2 Å². The Kier molecular flexibility index (Phi) is 6.90. The fourth-order valence-corrected chi connectivity index (χ4v) is 3.98. The van der Waals surface area contributed by atoms with Gasteiger partial charge in [0, 0.05) is 18.9 Å². The summed E-state index contributed by atoms with van der Waals surface area (Å²) in [7, 11) is 0. The van der Waals surface area contributed by atoms with E-state index in [-0.39, 0.29) is 5.91 Å². The number of benzene rings is 2. The second kappa shape index (κ2) is 9.99. The molecule has 0 spiro atoms. The number of fused-ring (bicyclic) bond motifs is 1. The number of aryl methyl sites for hydroxylation is 2. The molecule has 1 aromatic heterocycles. The summed E-state index contributed by atoms with van der Waals surface area (Å²) in [5.74, 6) is 2.61. The van der Waals surface area contributed by atoms with Crippen LogP contribution in [0.2, 0.25) is 0 Å². The lowest BCUT2D eigenvalue weighted by Gasteiger charge is -2.13. The van der Waals surface area contributed by atoms with Gasteiger partial charge in [0.25, 0.3) is 0 Å². The fourth-order valence-electron chi connectivity index (χ4n) is 3.98. The van der Waals surface area contributed by atoms with Crippen LogP contribution in [0, 0.1) is 19.8 Å². The smallest absolute Gasteiger partial charge is 0.223 e. The van der Waals surface area contributed by atoms with Crippen LogP contribution in [0.4, 0.5) is 0 Å². The molecule has 1 amide bonds. The van der Waals surface area contributed by atoms with Gasteiger partial charge in [-0.2, -0.15) is 0 Å². The Hall–Kier alpha value is -2.82. The number of hydrogen-bond acceptors (Lipinski definition) is 3. The summed E-state index contributed by atoms with van der Waals surface area (Å²) in [5, 5.41) is 3.05. The molecule has 0 saturated heterocycles. The largest absolute Gasteiger partial charge is 0.491 e. The molecule has 2 aromatic carbocycles. The zero-order valence-corrected chi connectivity index (χ0v) is 18.7. The van der Waals surface area contributed by atoms with E-state index in [1.807, 2.05) is 18.2 Å². The molecule has 0 radical (unpaired) electrons. The number of aromatic nitrogens is 2. The first kappa shape index (κ1) is 21.4. The number of hydrogen-bond donors (Lipinski definition) is 1. The monoisotopic (exact) mass is 419 g/mol. The maximum absolute atomic E-state index is 11.7. The minimum atomic E-state index is 0.241. The summed E-state index contributed by atoms with van der Waals surface area (Å²) in [5.41, 5.74) is 4.66. The first-order valence-electron chi connectivity index (χ1n) is 11.5. The molecule has 1 fully saturated rings. The number of nitrogens with zero attached hydrogens (tertiary/aromatic N) is 2. The van der Waals surface area contributed by atoms with Crippen LogP contribution >= 0.6 is 0 Å². The lowest BCUT2D eigenvalue weighted by atomic mass is 10.1. The van der Waals surface area contributed by atoms with Crippen LogP contribution in [0.25, 0.3) is 11.0 Å². The molecule has 1 saturated carbocycles. The predicted octanol–water partition coefficient (Wildman–Crippen LogP) is 4.97. The Morgan fingerprint density at radius 1 is 1.10 bits per heavy atom. The zero-order chi connectivity index (χ0) is 21.6. The van der Waals surface area contributed by atoms with Crippen molar-refractivity contribution in [3.63, 3.8) is 0 Å². The minimum Gasteiger partial charge on any atom is -0.491 e. The van der Waals surface area contributed by atoms with E-state index in [1.54, 1.807) is 0 Å². The fraction of sp³-hybridized carbons (Fsp3) is 0.462. The number of amides is 1. The number of ether oxygens (including phenoxy) is 1. The van der Waals surface area contributed by atoms with Crippen molar-refractivity contribution in [3.05, 3.63) is 59.4 Å². The molecule has 1 N–H and O–H groups in total. The molecule has 164 valence electrons. The van der Waals surface area contributed by atoms with E-state index in [1.165, 1.54) is 16.6 Å². The van der Waals surface area contributed by atoms with Crippen molar-refractivity contribution in [3.8, 4) is 5.75 Å². The van der Waals surface area contributed by atoms with Crippen LogP contribution in [0.5, 0.6) is 5.75 Å². The average molecular weight is 420 g/mol. The second-order valence-electron chi connectivity index (χ2n) is 8.59. The van der Waals surface area contributed by atoms with Gasteiger partial charge in [0.2, 0.25) is 5.91 Å². The van der Waals surface area contributed by atoms with Crippen LogP contribution in [-0.4, -0.2) is 28.6 Å². The zero-order valence-electron chi connectivity index (χ0n) is 18.7. The average Bonchev–Trinajstić information content (AvgIpc) is 3.57. The number of para-hydroxylation sites is 2. The van der Waals surface area contributed by atoms with Gasteiger partial charge in [-0.25, -0.2) is 4.98 Å². The normalized spacial score (nSPS) is 13.5. The third-order valence-corrected chi connectivity index (χ3v) is 6.19. The highest BCUT2D eigenvalue weighted by atomic mass is 16.5. The minimum absolute atomic E-state index is 0.241. The predicted molar refractivity (Wildman–Crippen MR) is 124 cm³/mol.